The van der Waals surface area contributed by atoms with Crippen LogP contribution in [0.1, 0.15) is 57.2 Å². The van der Waals surface area contributed by atoms with Crippen molar-refractivity contribution in [2.75, 3.05) is 6.54 Å². The minimum absolute atomic E-state index is 0.228. The van der Waals surface area contributed by atoms with Crippen LogP contribution in [0.25, 0.3) is 0 Å². The fraction of sp³-hybridized carbons (Fsp3) is 0.786. The molecule has 1 N–H and O–H groups in total. The number of carboxylic acids is 1. The zero-order valence-corrected chi connectivity index (χ0v) is 12.0. The topological polar surface area (TPSA) is 79.5 Å². The fourth-order valence-corrected chi connectivity index (χ4v) is 2.74. The lowest BCUT2D eigenvalue weighted by atomic mass is 9.98. The van der Waals surface area contributed by atoms with E-state index in [-0.39, 0.29) is 6.42 Å². The van der Waals surface area contributed by atoms with Gasteiger partial charge in [0.2, 0.25) is 5.89 Å². The van der Waals surface area contributed by atoms with Crippen molar-refractivity contribution in [3.8, 4) is 0 Å². The summed E-state index contributed by atoms with van der Waals surface area (Å²) in [6.07, 6.45) is 6.15. The smallest absolute Gasteiger partial charge is 0.303 e. The first-order valence-corrected chi connectivity index (χ1v) is 7.46. The Bertz CT molecular complexity index is 433. The Hall–Kier alpha value is -1.43. The van der Waals surface area contributed by atoms with Gasteiger partial charge in [0.1, 0.15) is 0 Å². The van der Waals surface area contributed by atoms with Gasteiger partial charge in [0, 0.05) is 18.9 Å². The average Bonchev–Trinajstić information content (AvgIpc) is 2.85. The van der Waals surface area contributed by atoms with Crippen molar-refractivity contribution in [2.45, 2.75) is 64.5 Å². The lowest BCUT2D eigenvalue weighted by Gasteiger charge is -2.34. The lowest BCUT2D eigenvalue weighted by molar-refractivity contribution is -0.137. The van der Waals surface area contributed by atoms with Crippen molar-refractivity contribution in [1.82, 2.24) is 15.0 Å². The Morgan fingerprint density at radius 1 is 1.50 bits per heavy atom. The van der Waals surface area contributed by atoms with Gasteiger partial charge in [-0.05, 0) is 32.2 Å². The van der Waals surface area contributed by atoms with Crippen LogP contribution >= 0.6 is 0 Å². The highest BCUT2D eigenvalue weighted by Crippen LogP contribution is 2.22. The van der Waals surface area contributed by atoms with Crippen molar-refractivity contribution in [1.29, 1.82) is 0 Å². The quantitative estimate of drug-likeness (QED) is 0.825. The molecule has 1 saturated heterocycles. The summed E-state index contributed by atoms with van der Waals surface area (Å²) in [5.41, 5.74) is 0. The number of aromatic nitrogens is 2. The number of carbonyl (C=O) groups is 1. The predicted octanol–water partition coefficient (Wildman–Crippen LogP) is 2.24. The molecule has 20 heavy (non-hydrogen) atoms. The third-order valence-corrected chi connectivity index (χ3v) is 3.76. The second-order valence-corrected chi connectivity index (χ2v) is 5.41. The number of aliphatic carboxylic acids is 1. The van der Waals surface area contributed by atoms with Crippen LogP contribution in [0, 0.1) is 0 Å². The van der Waals surface area contributed by atoms with Crippen LogP contribution in [0.5, 0.6) is 0 Å². The molecule has 0 spiro atoms. The summed E-state index contributed by atoms with van der Waals surface area (Å²) in [4.78, 5) is 17.4. The first kappa shape index (κ1) is 15.0. The van der Waals surface area contributed by atoms with Gasteiger partial charge in [-0.25, -0.2) is 0 Å². The van der Waals surface area contributed by atoms with Crippen molar-refractivity contribution < 1.29 is 14.4 Å². The number of likely N-dealkylation sites (tertiary alicyclic amines) is 1. The summed E-state index contributed by atoms with van der Waals surface area (Å²) in [6, 6.07) is 0.321. The predicted molar refractivity (Wildman–Crippen MR) is 73.2 cm³/mol. The number of hydrogen-bond acceptors (Lipinski definition) is 5. The first-order chi connectivity index (χ1) is 9.69. The second kappa shape index (κ2) is 7.38. The molecule has 2 heterocycles. The highest BCUT2D eigenvalue weighted by Gasteiger charge is 2.24. The summed E-state index contributed by atoms with van der Waals surface area (Å²) in [7, 11) is 0. The molecule has 6 heteroatoms. The monoisotopic (exact) mass is 281 g/mol. The van der Waals surface area contributed by atoms with Crippen molar-refractivity contribution >= 4 is 5.97 Å². The molecule has 1 aliphatic heterocycles. The van der Waals surface area contributed by atoms with Gasteiger partial charge in [-0.2, -0.15) is 4.98 Å². The van der Waals surface area contributed by atoms with Crippen molar-refractivity contribution in [2.24, 2.45) is 0 Å². The SMILES string of the molecule is CCCc1noc(CN2CCCCC2CCC(=O)O)n1. The molecule has 1 aliphatic rings. The van der Waals surface area contributed by atoms with Gasteiger partial charge in [-0.3, -0.25) is 9.69 Å². The Balaban J connectivity index is 1.91. The zero-order valence-electron chi connectivity index (χ0n) is 12.0. The van der Waals surface area contributed by atoms with Crippen molar-refractivity contribution in [3.05, 3.63) is 11.7 Å². The Labute approximate surface area is 119 Å². The molecule has 0 amide bonds. The number of nitrogens with zero attached hydrogens (tertiary/aromatic N) is 3. The van der Waals surface area contributed by atoms with E-state index in [1.54, 1.807) is 0 Å². The van der Waals surface area contributed by atoms with Gasteiger partial charge in [0.15, 0.2) is 5.82 Å². The highest BCUT2D eigenvalue weighted by atomic mass is 16.5. The number of carboxylic acid groups (broad SMARTS) is 1. The molecule has 0 saturated carbocycles. The van der Waals surface area contributed by atoms with E-state index < -0.39 is 5.97 Å². The summed E-state index contributed by atoms with van der Waals surface area (Å²) >= 11 is 0. The van der Waals surface area contributed by atoms with Gasteiger partial charge >= 0.3 is 5.97 Å². The highest BCUT2D eigenvalue weighted by molar-refractivity contribution is 5.66. The van der Waals surface area contributed by atoms with E-state index in [9.17, 15) is 4.79 Å². The Morgan fingerprint density at radius 2 is 2.35 bits per heavy atom. The van der Waals surface area contributed by atoms with Gasteiger partial charge < -0.3 is 9.63 Å². The number of piperidine rings is 1. The maximum atomic E-state index is 10.7. The molecule has 0 radical (unpaired) electrons. The van der Waals surface area contributed by atoms with E-state index in [0.717, 1.165) is 38.1 Å². The summed E-state index contributed by atoms with van der Waals surface area (Å²) in [5.74, 6) is 0.691. The van der Waals surface area contributed by atoms with E-state index >= 15 is 0 Å². The van der Waals surface area contributed by atoms with Crippen LogP contribution in [0.2, 0.25) is 0 Å². The molecule has 1 atom stereocenters. The molecule has 112 valence electrons. The summed E-state index contributed by atoms with van der Waals surface area (Å²) in [6.45, 7) is 3.71. The molecule has 1 unspecified atom stereocenters. The lowest BCUT2D eigenvalue weighted by Crippen LogP contribution is -2.39. The molecular weight excluding hydrogens is 258 g/mol. The first-order valence-electron chi connectivity index (χ1n) is 7.46. The minimum atomic E-state index is -0.724. The van der Waals surface area contributed by atoms with Crippen LogP contribution in [-0.2, 0) is 17.8 Å². The molecule has 0 bridgehead atoms. The van der Waals surface area contributed by atoms with Gasteiger partial charge in [0.05, 0.1) is 6.54 Å². The van der Waals surface area contributed by atoms with Crippen LogP contribution < -0.4 is 0 Å². The van der Waals surface area contributed by atoms with Gasteiger partial charge in [-0.1, -0.05) is 18.5 Å². The summed E-state index contributed by atoms with van der Waals surface area (Å²) in [5, 5.41) is 12.8. The standard InChI is InChI=1S/C14H23N3O3/c1-2-5-12-15-13(20-16-12)10-17-9-4-3-6-11(17)7-8-14(18)19/h11H,2-10H2,1H3,(H,18,19). The molecule has 0 aromatic carbocycles. The molecule has 1 fully saturated rings. The van der Waals surface area contributed by atoms with Gasteiger partial charge in [-0.15, -0.1) is 0 Å². The van der Waals surface area contributed by atoms with Crippen LogP contribution in [0.3, 0.4) is 0 Å². The largest absolute Gasteiger partial charge is 0.481 e. The van der Waals surface area contributed by atoms with E-state index in [0.29, 0.717) is 24.9 Å². The van der Waals surface area contributed by atoms with Gasteiger partial charge in [0.25, 0.3) is 0 Å². The molecule has 1 aromatic rings. The summed E-state index contributed by atoms with van der Waals surface area (Å²) < 4.78 is 5.27. The maximum Gasteiger partial charge on any atom is 0.303 e. The number of hydrogen-bond donors (Lipinski definition) is 1. The molecule has 1 aromatic heterocycles. The molecular formula is C14H23N3O3. The molecule has 6 nitrogen and oxygen atoms in total. The maximum absolute atomic E-state index is 10.7. The van der Waals surface area contributed by atoms with Crippen molar-refractivity contribution in [3.63, 3.8) is 0 Å². The number of rotatable bonds is 7. The minimum Gasteiger partial charge on any atom is -0.481 e. The van der Waals surface area contributed by atoms with E-state index in [4.69, 9.17) is 9.63 Å². The average molecular weight is 281 g/mol. The third kappa shape index (κ3) is 4.30. The van der Waals surface area contributed by atoms with E-state index in [1.165, 1.54) is 6.42 Å². The molecule has 2 rings (SSSR count). The fourth-order valence-electron chi connectivity index (χ4n) is 2.74. The number of aryl methyl sites for hydroxylation is 1. The normalized spacial score (nSPS) is 20.1. The molecule has 0 aliphatic carbocycles. The van der Waals surface area contributed by atoms with E-state index in [2.05, 4.69) is 22.0 Å². The van der Waals surface area contributed by atoms with Crippen LogP contribution in [0.4, 0.5) is 0 Å². The zero-order chi connectivity index (χ0) is 14.4. The van der Waals surface area contributed by atoms with Crippen LogP contribution in [0.15, 0.2) is 4.52 Å². The van der Waals surface area contributed by atoms with E-state index in [1.807, 2.05) is 0 Å². The second-order valence-electron chi connectivity index (χ2n) is 5.41. The Kier molecular flexibility index (Phi) is 5.52. The van der Waals surface area contributed by atoms with Crippen LogP contribution in [-0.4, -0.2) is 38.7 Å². The Morgan fingerprint density at radius 3 is 3.10 bits per heavy atom. The third-order valence-electron chi connectivity index (χ3n) is 3.76.